The molecule has 8 nitrogen and oxygen atoms in total. The summed E-state index contributed by atoms with van der Waals surface area (Å²) < 4.78 is 31.4. The van der Waals surface area contributed by atoms with Crippen LogP contribution in [0.25, 0.3) is 0 Å². The summed E-state index contributed by atoms with van der Waals surface area (Å²) in [5, 5.41) is 12.2. The van der Waals surface area contributed by atoms with E-state index in [9.17, 15) is 23.3 Å². The summed E-state index contributed by atoms with van der Waals surface area (Å²) in [5.41, 5.74) is -0.507. The summed E-state index contributed by atoms with van der Waals surface area (Å²) in [5.74, 6) is -0.695. The number of rotatable bonds is 5. The topological polar surface area (TPSA) is 116 Å². The molecule has 0 unspecified atom stereocenters. The van der Waals surface area contributed by atoms with Crippen LogP contribution in [0.3, 0.4) is 0 Å². The molecular formula is C12H9ClN2O6S2. The molecule has 11 heteroatoms. The van der Waals surface area contributed by atoms with Crippen LogP contribution in [-0.2, 0) is 14.8 Å². The number of nitro benzene ring substituents is 1. The van der Waals surface area contributed by atoms with Gasteiger partial charge in [-0.2, -0.15) is 0 Å². The highest BCUT2D eigenvalue weighted by Crippen LogP contribution is 2.30. The summed E-state index contributed by atoms with van der Waals surface area (Å²) >= 11 is 6.65. The molecule has 1 aromatic heterocycles. The molecule has 1 heterocycles. The van der Waals surface area contributed by atoms with Gasteiger partial charge in [-0.05, 0) is 23.6 Å². The highest BCUT2D eigenvalue weighted by molar-refractivity contribution is 7.92. The van der Waals surface area contributed by atoms with Crippen LogP contribution in [0, 0.1) is 10.1 Å². The maximum atomic E-state index is 12.3. The molecule has 1 aromatic carbocycles. The number of hydrogen-bond donors (Lipinski definition) is 1. The quantitative estimate of drug-likeness (QED) is 0.487. The number of nitro groups is 1. The monoisotopic (exact) mass is 376 g/mol. The summed E-state index contributed by atoms with van der Waals surface area (Å²) in [7, 11) is -2.96. The molecular weight excluding hydrogens is 368 g/mol. The van der Waals surface area contributed by atoms with Crippen LogP contribution >= 0.6 is 22.9 Å². The number of methoxy groups -OCH3 is 1. The molecule has 0 bridgehead atoms. The van der Waals surface area contributed by atoms with Crippen molar-refractivity contribution < 1.29 is 22.9 Å². The predicted molar refractivity (Wildman–Crippen MR) is 84.6 cm³/mol. The lowest BCUT2D eigenvalue weighted by molar-refractivity contribution is -0.384. The zero-order valence-corrected chi connectivity index (χ0v) is 13.9. The first-order chi connectivity index (χ1) is 10.8. The zero-order chi connectivity index (χ0) is 17.2. The van der Waals surface area contributed by atoms with Gasteiger partial charge in [0.1, 0.15) is 9.90 Å². The van der Waals surface area contributed by atoms with E-state index in [1.807, 2.05) is 0 Å². The first-order valence-corrected chi connectivity index (χ1v) is 8.63. The van der Waals surface area contributed by atoms with Crippen molar-refractivity contribution in [3.8, 4) is 0 Å². The Bertz CT molecular complexity index is 877. The number of hydrogen-bond acceptors (Lipinski definition) is 7. The number of thiophene rings is 1. The van der Waals surface area contributed by atoms with Gasteiger partial charge >= 0.3 is 5.97 Å². The fourth-order valence-electron chi connectivity index (χ4n) is 1.64. The minimum Gasteiger partial charge on any atom is -0.465 e. The molecule has 0 amide bonds. The van der Waals surface area contributed by atoms with Crippen molar-refractivity contribution in [1.29, 1.82) is 0 Å². The van der Waals surface area contributed by atoms with E-state index in [0.717, 1.165) is 29.5 Å². The van der Waals surface area contributed by atoms with Crippen LogP contribution in [0.15, 0.2) is 34.5 Å². The molecule has 0 radical (unpaired) electrons. The average molecular weight is 377 g/mol. The van der Waals surface area contributed by atoms with Crippen molar-refractivity contribution in [3.05, 3.63) is 49.7 Å². The Morgan fingerprint density at radius 3 is 2.70 bits per heavy atom. The van der Waals surface area contributed by atoms with Crippen LogP contribution in [-0.4, -0.2) is 26.4 Å². The number of sulfonamides is 1. The normalized spacial score (nSPS) is 11.0. The molecule has 0 aliphatic rings. The van der Waals surface area contributed by atoms with Gasteiger partial charge in [0.25, 0.3) is 15.7 Å². The SMILES string of the molecule is COC(=O)c1sccc1NS(=O)(=O)c1ccc(Cl)c([N+](=O)[O-])c1. The lowest BCUT2D eigenvalue weighted by Crippen LogP contribution is -2.15. The van der Waals surface area contributed by atoms with Crippen LogP contribution < -0.4 is 4.72 Å². The van der Waals surface area contributed by atoms with Crippen molar-refractivity contribution >= 4 is 50.3 Å². The Morgan fingerprint density at radius 2 is 2.09 bits per heavy atom. The molecule has 0 aliphatic heterocycles. The van der Waals surface area contributed by atoms with Gasteiger partial charge in [0.15, 0.2) is 0 Å². The van der Waals surface area contributed by atoms with Gasteiger partial charge in [-0.15, -0.1) is 11.3 Å². The van der Waals surface area contributed by atoms with Crippen molar-refractivity contribution in [3.63, 3.8) is 0 Å². The maximum Gasteiger partial charge on any atom is 0.350 e. The smallest absolute Gasteiger partial charge is 0.350 e. The number of carbonyl (C=O) groups excluding carboxylic acids is 1. The number of esters is 1. The molecule has 23 heavy (non-hydrogen) atoms. The Balaban J connectivity index is 2.41. The van der Waals surface area contributed by atoms with Crippen molar-refractivity contribution in [2.45, 2.75) is 4.90 Å². The standard InChI is InChI=1S/C12H9ClN2O6S2/c1-21-12(16)11-9(4-5-22-11)14-23(19,20)7-2-3-8(13)10(6-7)15(17)18/h2-6,14H,1H3. The second-order valence-electron chi connectivity index (χ2n) is 4.13. The third-order valence-corrected chi connectivity index (χ3v) is 5.28. The van der Waals surface area contributed by atoms with E-state index in [1.165, 1.54) is 18.6 Å². The van der Waals surface area contributed by atoms with Crippen LogP contribution in [0.5, 0.6) is 0 Å². The van der Waals surface area contributed by atoms with E-state index in [2.05, 4.69) is 9.46 Å². The number of carbonyl (C=O) groups is 1. The zero-order valence-electron chi connectivity index (χ0n) is 11.5. The molecule has 0 spiro atoms. The first kappa shape index (κ1) is 17.2. The van der Waals surface area contributed by atoms with Gasteiger partial charge in [-0.1, -0.05) is 11.6 Å². The highest BCUT2D eigenvalue weighted by Gasteiger charge is 2.23. The molecule has 0 fully saturated rings. The van der Waals surface area contributed by atoms with E-state index in [0.29, 0.717) is 0 Å². The van der Waals surface area contributed by atoms with Crippen LogP contribution in [0.4, 0.5) is 11.4 Å². The highest BCUT2D eigenvalue weighted by atomic mass is 35.5. The Hall–Kier alpha value is -2.17. The Kier molecular flexibility index (Phi) is 4.88. The molecule has 0 saturated carbocycles. The van der Waals surface area contributed by atoms with Gasteiger partial charge in [0.05, 0.1) is 22.6 Å². The predicted octanol–water partition coefficient (Wildman–Crippen LogP) is 2.90. The van der Waals surface area contributed by atoms with E-state index >= 15 is 0 Å². The maximum absolute atomic E-state index is 12.3. The number of benzene rings is 1. The van der Waals surface area contributed by atoms with E-state index in [-0.39, 0.29) is 20.5 Å². The minimum absolute atomic E-state index is 0.0273. The average Bonchev–Trinajstić information content (AvgIpc) is 2.93. The van der Waals surface area contributed by atoms with Crippen LogP contribution in [0.2, 0.25) is 5.02 Å². The minimum atomic E-state index is -4.13. The van der Waals surface area contributed by atoms with Gasteiger partial charge in [-0.25, -0.2) is 13.2 Å². The van der Waals surface area contributed by atoms with Gasteiger partial charge < -0.3 is 4.74 Å². The van der Waals surface area contributed by atoms with Gasteiger partial charge in [-0.3, -0.25) is 14.8 Å². The lowest BCUT2D eigenvalue weighted by Gasteiger charge is -2.08. The fraction of sp³-hybridized carbons (Fsp3) is 0.0833. The van der Waals surface area contributed by atoms with Gasteiger partial charge in [0, 0.05) is 6.07 Å². The lowest BCUT2D eigenvalue weighted by atomic mass is 10.3. The molecule has 1 N–H and O–H groups in total. The second kappa shape index (κ2) is 6.52. The van der Waals surface area contributed by atoms with Gasteiger partial charge in [0.2, 0.25) is 0 Å². The van der Waals surface area contributed by atoms with E-state index in [1.54, 1.807) is 0 Å². The molecule has 0 saturated heterocycles. The van der Waals surface area contributed by atoms with Crippen molar-refractivity contribution in [2.24, 2.45) is 0 Å². The second-order valence-corrected chi connectivity index (χ2v) is 7.14. The third kappa shape index (κ3) is 3.60. The summed E-state index contributed by atoms with van der Waals surface area (Å²) in [6.45, 7) is 0. The van der Waals surface area contributed by atoms with E-state index < -0.39 is 26.6 Å². The number of nitrogens with one attached hydrogen (secondary N) is 1. The van der Waals surface area contributed by atoms with Crippen molar-refractivity contribution in [1.82, 2.24) is 0 Å². The number of nitrogens with zero attached hydrogens (tertiary/aromatic N) is 1. The first-order valence-electron chi connectivity index (χ1n) is 5.89. The Morgan fingerprint density at radius 1 is 1.39 bits per heavy atom. The number of halogens is 1. The van der Waals surface area contributed by atoms with Crippen molar-refractivity contribution in [2.75, 3.05) is 11.8 Å². The fourth-order valence-corrected chi connectivity index (χ4v) is 3.75. The molecule has 0 atom stereocenters. The van der Waals surface area contributed by atoms with E-state index in [4.69, 9.17) is 11.6 Å². The molecule has 2 aromatic rings. The molecule has 0 aliphatic carbocycles. The summed E-state index contributed by atoms with van der Waals surface area (Å²) in [4.78, 5) is 21.3. The third-order valence-electron chi connectivity index (χ3n) is 2.70. The summed E-state index contributed by atoms with van der Waals surface area (Å²) in [6.07, 6.45) is 0. The largest absolute Gasteiger partial charge is 0.465 e. The molecule has 122 valence electrons. The van der Waals surface area contributed by atoms with Crippen LogP contribution in [0.1, 0.15) is 9.67 Å². The number of ether oxygens (including phenoxy) is 1. The Labute approximate surface area is 139 Å². The molecule has 2 rings (SSSR count). The number of anilines is 1. The summed E-state index contributed by atoms with van der Waals surface area (Å²) in [6, 6.07) is 4.47.